The van der Waals surface area contributed by atoms with Gasteiger partial charge in [-0.1, -0.05) is 20.8 Å². The number of nitrogens with zero attached hydrogens (tertiary/aromatic N) is 2. The van der Waals surface area contributed by atoms with Gasteiger partial charge in [0.05, 0.1) is 5.69 Å². The molecule has 1 aromatic heterocycles. The van der Waals surface area contributed by atoms with E-state index < -0.39 is 0 Å². The van der Waals surface area contributed by atoms with E-state index in [1.54, 1.807) is 0 Å². The number of aryl methyl sites for hydroxylation is 1. The topological polar surface area (TPSA) is 29.9 Å². The van der Waals surface area contributed by atoms with Crippen molar-refractivity contribution in [2.75, 3.05) is 0 Å². The number of rotatable bonds is 3. The Morgan fingerprint density at radius 3 is 2.88 bits per heavy atom. The fourth-order valence-corrected chi connectivity index (χ4v) is 3.04. The monoisotopic (exact) mass is 235 g/mol. The Balaban J connectivity index is 1.84. The molecule has 0 saturated heterocycles. The normalized spacial score (nSPS) is 28.2. The zero-order chi connectivity index (χ0) is 12.5. The molecule has 96 valence electrons. The standard InChI is InChI=1S/C14H25N3/c1-11-9-14(2,3)7-5-13(11)15-10-12-6-8-17(4)16-12/h6,8,11,13,15H,5,7,9-10H2,1-4H3. The van der Waals surface area contributed by atoms with Crippen LogP contribution < -0.4 is 5.32 Å². The Hall–Kier alpha value is -0.830. The van der Waals surface area contributed by atoms with E-state index in [0.29, 0.717) is 11.5 Å². The van der Waals surface area contributed by atoms with Gasteiger partial charge in [-0.05, 0) is 36.7 Å². The largest absolute Gasteiger partial charge is 0.308 e. The van der Waals surface area contributed by atoms with Crippen molar-refractivity contribution < 1.29 is 0 Å². The van der Waals surface area contributed by atoms with E-state index >= 15 is 0 Å². The molecule has 0 spiro atoms. The second kappa shape index (κ2) is 4.81. The highest BCUT2D eigenvalue weighted by Gasteiger charge is 2.31. The first-order valence-electron chi connectivity index (χ1n) is 6.68. The van der Waals surface area contributed by atoms with Crippen LogP contribution in [-0.4, -0.2) is 15.8 Å². The number of aromatic nitrogens is 2. The Labute approximate surface area is 105 Å². The van der Waals surface area contributed by atoms with Gasteiger partial charge in [0.1, 0.15) is 0 Å². The van der Waals surface area contributed by atoms with Crippen LogP contribution in [0.5, 0.6) is 0 Å². The molecule has 1 heterocycles. The molecule has 1 aliphatic rings. The first-order valence-corrected chi connectivity index (χ1v) is 6.68. The Kier molecular flexibility index (Phi) is 3.57. The van der Waals surface area contributed by atoms with Gasteiger partial charge >= 0.3 is 0 Å². The molecule has 2 atom stereocenters. The zero-order valence-electron chi connectivity index (χ0n) is 11.5. The van der Waals surface area contributed by atoms with Crippen LogP contribution in [0.4, 0.5) is 0 Å². The third-order valence-electron chi connectivity index (χ3n) is 4.01. The van der Waals surface area contributed by atoms with Crippen molar-refractivity contribution in [3.05, 3.63) is 18.0 Å². The summed E-state index contributed by atoms with van der Waals surface area (Å²) in [4.78, 5) is 0. The lowest BCUT2D eigenvalue weighted by atomic mass is 9.70. The van der Waals surface area contributed by atoms with Gasteiger partial charge in [-0.25, -0.2) is 0 Å². The third kappa shape index (κ3) is 3.32. The minimum absolute atomic E-state index is 0.530. The van der Waals surface area contributed by atoms with Crippen molar-refractivity contribution in [2.24, 2.45) is 18.4 Å². The molecule has 3 nitrogen and oxygen atoms in total. The smallest absolute Gasteiger partial charge is 0.0762 e. The maximum Gasteiger partial charge on any atom is 0.0762 e. The second-order valence-electron chi connectivity index (χ2n) is 6.35. The van der Waals surface area contributed by atoms with Gasteiger partial charge in [0, 0.05) is 25.8 Å². The predicted molar refractivity (Wildman–Crippen MR) is 70.6 cm³/mol. The zero-order valence-corrected chi connectivity index (χ0v) is 11.5. The molecule has 1 aliphatic carbocycles. The molecule has 1 aromatic rings. The van der Waals surface area contributed by atoms with Gasteiger partial charge in [0.2, 0.25) is 0 Å². The summed E-state index contributed by atoms with van der Waals surface area (Å²) in [6, 6.07) is 2.75. The van der Waals surface area contributed by atoms with Crippen LogP contribution in [0, 0.1) is 11.3 Å². The van der Waals surface area contributed by atoms with Crippen molar-refractivity contribution in [2.45, 2.75) is 52.6 Å². The molecule has 0 aromatic carbocycles. The van der Waals surface area contributed by atoms with Crippen LogP contribution in [0.2, 0.25) is 0 Å². The summed E-state index contributed by atoms with van der Waals surface area (Å²) in [6.45, 7) is 8.05. The lowest BCUT2D eigenvalue weighted by Crippen LogP contribution is -2.41. The maximum absolute atomic E-state index is 4.40. The summed E-state index contributed by atoms with van der Waals surface area (Å²) in [7, 11) is 1.97. The molecular formula is C14H25N3. The highest BCUT2D eigenvalue weighted by molar-refractivity contribution is 4.99. The molecule has 2 unspecified atom stereocenters. The van der Waals surface area contributed by atoms with E-state index in [-0.39, 0.29) is 0 Å². The van der Waals surface area contributed by atoms with Crippen molar-refractivity contribution in [3.63, 3.8) is 0 Å². The fraction of sp³-hybridized carbons (Fsp3) is 0.786. The molecule has 0 radical (unpaired) electrons. The average Bonchev–Trinajstić information content (AvgIpc) is 2.62. The van der Waals surface area contributed by atoms with Crippen LogP contribution in [-0.2, 0) is 13.6 Å². The average molecular weight is 235 g/mol. The van der Waals surface area contributed by atoms with Gasteiger partial charge in [0.15, 0.2) is 0 Å². The maximum atomic E-state index is 4.40. The third-order valence-corrected chi connectivity index (χ3v) is 4.01. The quantitative estimate of drug-likeness (QED) is 0.873. The van der Waals surface area contributed by atoms with Crippen LogP contribution in [0.25, 0.3) is 0 Å². The van der Waals surface area contributed by atoms with Crippen molar-refractivity contribution >= 4 is 0 Å². The highest BCUT2D eigenvalue weighted by Crippen LogP contribution is 2.38. The minimum atomic E-state index is 0.530. The van der Waals surface area contributed by atoms with Gasteiger partial charge < -0.3 is 5.32 Å². The summed E-state index contributed by atoms with van der Waals surface area (Å²) in [6.07, 6.45) is 5.95. The van der Waals surface area contributed by atoms with Gasteiger partial charge in [-0.3, -0.25) is 4.68 Å². The molecule has 1 N–H and O–H groups in total. The molecule has 1 saturated carbocycles. The predicted octanol–water partition coefficient (Wildman–Crippen LogP) is 2.72. The van der Waals surface area contributed by atoms with E-state index in [9.17, 15) is 0 Å². The Morgan fingerprint density at radius 1 is 1.53 bits per heavy atom. The number of nitrogens with one attached hydrogen (secondary N) is 1. The van der Waals surface area contributed by atoms with Gasteiger partial charge in [-0.2, -0.15) is 5.10 Å². The van der Waals surface area contributed by atoms with Crippen LogP contribution >= 0.6 is 0 Å². The van der Waals surface area contributed by atoms with E-state index in [2.05, 4.69) is 37.3 Å². The van der Waals surface area contributed by atoms with Crippen molar-refractivity contribution in [3.8, 4) is 0 Å². The van der Waals surface area contributed by atoms with Crippen LogP contribution in [0.3, 0.4) is 0 Å². The molecule has 2 rings (SSSR count). The SMILES string of the molecule is CC1CC(C)(C)CCC1NCc1ccn(C)n1. The lowest BCUT2D eigenvalue weighted by molar-refractivity contribution is 0.148. The van der Waals surface area contributed by atoms with Crippen LogP contribution in [0.1, 0.15) is 45.7 Å². The van der Waals surface area contributed by atoms with E-state index in [1.807, 2.05) is 17.9 Å². The fourth-order valence-electron chi connectivity index (χ4n) is 3.04. The van der Waals surface area contributed by atoms with Gasteiger partial charge in [0.25, 0.3) is 0 Å². The molecule has 0 amide bonds. The van der Waals surface area contributed by atoms with E-state index in [0.717, 1.165) is 18.2 Å². The molecule has 17 heavy (non-hydrogen) atoms. The Bertz CT molecular complexity index is 367. The van der Waals surface area contributed by atoms with Gasteiger partial charge in [-0.15, -0.1) is 0 Å². The highest BCUT2D eigenvalue weighted by atomic mass is 15.3. The summed E-state index contributed by atoms with van der Waals surface area (Å²) in [5.41, 5.74) is 1.67. The van der Waals surface area contributed by atoms with E-state index in [1.165, 1.54) is 19.3 Å². The summed E-state index contributed by atoms with van der Waals surface area (Å²) >= 11 is 0. The minimum Gasteiger partial charge on any atom is -0.308 e. The van der Waals surface area contributed by atoms with Crippen molar-refractivity contribution in [1.82, 2.24) is 15.1 Å². The summed E-state index contributed by atoms with van der Waals surface area (Å²) < 4.78 is 1.87. The summed E-state index contributed by atoms with van der Waals surface area (Å²) in [5, 5.41) is 8.07. The lowest BCUT2D eigenvalue weighted by Gasteiger charge is -2.39. The second-order valence-corrected chi connectivity index (χ2v) is 6.35. The number of hydrogen-bond acceptors (Lipinski definition) is 2. The molecule has 0 bridgehead atoms. The summed E-state index contributed by atoms with van der Waals surface area (Å²) in [5.74, 6) is 0.766. The molecule has 1 fully saturated rings. The first-order chi connectivity index (χ1) is 7.96. The number of hydrogen-bond donors (Lipinski definition) is 1. The first kappa shape index (κ1) is 12.6. The molecule has 3 heteroatoms. The van der Waals surface area contributed by atoms with Crippen LogP contribution in [0.15, 0.2) is 12.3 Å². The van der Waals surface area contributed by atoms with Crippen molar-refractivity contribution in [1.29, 1.82) is 0 Å². The molecule has 0 aliphatic heterocycles. The Morgan fingerprint density at radius 2 is 2.29 bits per heavy atom. The van der Waals surface area contributed by atoms with E-state index in [4.69, 9.17) is 0 Å². The molecular weight excluding hydrogens is 210 g/mol.